The Hall–Kier alpha value is -7.87. The number of amides is 2. The van der Waals surface area contributed by atoms with Gasteiger partial charge < -0.3 is 40.1 Å². The molecule has 0 spiro atoms. The second-order valence-electron chi connectivity index (χ2n) is 22.2. The smallest absolute Gasteiger partial charge is 0.319 e. The summed E-state index contributed by atoms with van der Waals surface area (Å²) in [4.78, 5) is 38.6. The second-order valence-corrected chi connectivity index (χ2v) is 22.2. The zero-order valence-electron chi connectivity index (χ0n) is 46.9. The number of aromatic nitrogens is 8. The number of aryl methyl sites for hydroxylation is 1. The van der Waals surface area contributed by atoms with Crippen LogP contribution in [0, 0.1) is 11.7 Å². The molecule has 8 aromatic rings. The van der Waals surface area contributed by atoms with Crippen molar-refractivity contribution in [2.24, 2.45) is 5.92 Å². The summed E-state index contributed by atoms with van der Waals surface area (Å²) in [5.41, 5.74) is 9.55. The van der Waals surface area contributed by atoms with Gasteiger partial charge in [0, 0.05) is 84.7 Å². The molecule has 18 nitrogen and oxygen atoms in total. The number of hydrogen-bond acceptors (Lipinski definition) is 14. The molecule has 2 bridgehead atoms. The maximum absolute atomic E-state index is 16.5. The van der Waals surface area contributed by atoms with E-state index in [-0.39, 0.29) is 60.9 Å². The van der Waals surface area contributed by atoms with Crippen molar-refractivity contribution in [2.45, 2.75) is 122 Å². The third kappa shape index (κ3) is 12.5. The summed E-state index contributed by atoms with van der Waals surface area (Å²) < 4.78 is 29.9. The van der Waals surface area contributed by atoms with Crippen LogP contribution in [-0.2, 0) is 27.2 Å². The average Bonchev–Trinajstić information content (AvgIpc) is 4.29. The van der Waals surface area contributed by atoms with Gasteiger partial charge in [-0.1, -0.05) is 73.7 Å². The van der Waals surface area contributed by atoms with Crippen LogP contribution < -0.4 is 20.3 Å². The van der Waals surface area contributed by atoms with Gasteiger partial charge in [-0.3, -0.25) is 19.7 Å². The molecule has 6 atom stereocenters. The molecule has 81 heavy (non-hydrogen) atoms. The van der Waals surface area contributed by atoms with Crippen LogP contribution >= 0.6 is 0 Å². The quantitative estimate of drug-likeness (QED) is 0.0477. The van der Waals surface area contributed by atoms with E-state index in [0.29, 0.717) is 65.0 Å². The number of piperazine rings is 1. The highest BCUT2D eigenvalue weighted by atomic mass is 19.1. The van der Waals surface area contributed by atoms with Crippen molar-refractivity contribution < 1.29 is 33.7 Å². The Labute approximate surface area is 471 Å². The fourth-order valence-electron chi connectivity index (χ4n) is 11.1. The topological polar surface area (TPSA) is 222 Å². The van der Waals surface area contributed by atoms with Gasteiger partial charge in [-0.15, -0.1) is 5.10 Å². The van der Waals surface area contributed by atoms with Gasteiger partial charge in [0.15, 0.2) is 0 Å². The molecule has 4 fully saturated rings. The number of halogens is 1. The summed E-state index contributed by atoms with van der Waals surface area (Å²) in [6.45, 7) is 13.3. The summed E-state index contributed by atoms with van der Waals surface area (Å²) in [5, 5.41) is 45.5. The van der Waals surface area contributed by atoms with Crippen LogP contribution in [-0.4, -0.2) is 132 Å². The van der Waals surface area contributed by atoms with Crippen LogP contribution in [0.15, 0.2) is 97.6 Å². The van der Waals surface area contributed by atoms with E-state index in [9.17, 15) is 14.7 Å². The number of H-pyrrole nitrogens is 1. The van der Waals surface area contributed by atoms with E-state index in [2.05, 4.69) is 86.9 Å². The van der Waals surface area contributed by atoms with Gasteiger partial charge in [0.1, 0.15) is 35.2 Å². The van der Waals surface area contributed by atoms with Crippen LogP contribution in [0.5, 0.6) is 11.8 Å². The maximum atomic E-state index is 16.5. The lowest BCUT2D eigenvalue weighted by atomic mass is 9.86. The molecule has 1 saturated carbocycles. The third-order valence-electron chi connectivity index (χ3n) is 16.5. The molecular weight excluding hydrogens is 1030 g/mol. The summed E-state index contributed by atoms with van der Waals surface area (Å²) in [6.07, 6.45) is 15.0. The Bertz CT molecular complexity index is 3430. The van der Waals surface area contributed by atoms with Crippen LogP contribution in [0.2, 0.25) is 0 Å². The number of ether oxygens (including phenoxy) is 2. The van der Waals surface area contributed by atoms with E-state index >= 15 is 4.39 Å². The number of likely N-dealkylation sites (tertiary alicyclic amines) is 1. The summed E-state index contributed by atoms with van der Waals surface area (Å²) in [7, 11) is 1.64. The first-order chi connectivity index (χ1) is 39.3. The fraction of sp³-hybridized carbons (Fsp3) is 0.419. The number of fused-ring (bicyclic) bond motifs is 4. The largest absolute Gasteiger partial charge is 0.505 e. The Morgan fingerprint density at radius 2 is 1.72 bits per heavy atom. The number of aliphatic hydroxyl groups excluding tert-OH is 1. The van der Waals surface area contributed by atoms with Gasteiger partial charge >= 0.3 is 6.01 Å². The molecule has 3 saturated heterocycles. The monoisotopic (exact) mass is 1100 g/mol. The second kappa shape index (κ2) is 25.3. The molecule has 0 radical (unpaired) electrons. The van der Waals surface area contributed by atoms with Gasteiger partial charge in [-0.05, 0) is 129 Å². The van der Waals surface area contributed by atoms with Crippen LogP contribution in [0.25, 0.3) is 55.3 Å². The number of aromatic amines is 1. The number of anilines is 1. The number of carbonyl (C=O) groups excluding carboxylic acids is 2. The highest BCUT2D eigenvalue weighted by Crippen LogP contribution is 2.53. The average molecular weight is 1100 g/mol. The molecule has 19 heteroatoms. The lowest BCUT2D eigenvalue weighted by Crippen LogP contribution is -2.44. The predicted molar refractivity (Wildman–Crippen MR) is 310 cm³/mol. The number of aromatic hydroxyl groups is 1. The van der Waals surface area contributed by atoms with Crippen LogP contribution in [0.4, 0.5) is 10.2 Å². The molecule has 7 heterocycles. The number of phenolic OH excluding ortho intramolecular Hbond substituents is 1. The number of nitrogens with one attached hydrogen (secondary N) is 3. The zero-order chi connectivity index (χ0) is 56.7. The molecule has 424 valence electrons. The number of rotatable bonds is 19. The predicted octanol–water partition coefficient (Wildman–Crippen LogP) is 9.28. The van der Waals surface area contributed by atoms with E-state index < -0.39 is 0 Å². The van der Waals surface area contributed by atoms with E-state index in [1.54, 1.807) is 25.7 Å². The van der Waals surface area contributed by atoms with Gasteiger partial charge in [0.2, 0.25) is 12.8 Å². The minimum absolute atomic E-state index is 0.00806. The summed E-state index contributed by atoms with van der Waals surface area (Å²) in [5.74, 6) is 1.09. The normalized spacial score (nSPS) is 18.6. The number of methoxy groups -OCH3 is 1. The number of carbonyl (C=O) groups is 2. The van der Waals surface area contributed by atoms with Crippen molar-refractivity contribution in [3.8, 4) is 45.3 Å². The van der Waals surface area contributed by atoms with Crippen molar-refractivity contribution in [2.75, 3.05) is 44.9 Å². The molecule has 3 aliphatic heterocycles. The first-order valence-electron chi connectivity index (χ1n) is 28.3. The zero-order valence-corrected chi connectivity index (χ0v) is 46.9. The highest BCUT2D eigenvalue weighted by Gasteiger charge is 2.40. The third-order valence-corrected chi connectivity index (χ3v) is 16.5. The summed E-state index contributed by atoms with van der Waals surface area (Å²) >= 11 is 0. The molecule has 2 amide bonds. The Balaban J connectivity index is 0.000000232. The van der Waals surface area contributed by atoms with Gasteiger partial charge in [0.05, 0.1) is 42.7 Å². The van der Waals surface area contributed by atoms with Crippen LogP contribution in [0.3, 0.4) is 0 Å². The number of aliphatic hydroxyl groups is 1. The maximum Gasteiger partial charge on any atom is 0.319 e. The number of nitrogens with zero attached hydrogens (tertiary/aromatic N) is 9. The van der Waals surface area contributed by atoms with E-state index in [1.165, 1.54) is 18.9 Å². The minimum atomic E-state index is -0.356. The molecule has 5 unspecified atom stereocenters. The first-order valence-corrected chi connectivity index (χ1v) is 28.3. The number of hydrogen-bond donors (Lipinski definition) is 5. The fourth-order valence-corrected chi connectivity index (χ4v) is 11.1. The molecule has 12 rings (SSSR count). The van der Waals surface area contributed by atoms with Crippen molar-refractivity contribution in [3.63, 3.8) is 0 Å². The molecule has 4 aromatic heterocycles. The molecule has 4 aromatic carbocycles. The Morgan fingerprint density at radius 3 is 2.35 bits per heavy atom. The molecule has 4 aliphatic rings. The van der Waals surface area contributed by atoms with E-state index in [1.807, 2.05) is 71.2 Å². The first kappa shape index (κ1) is 56.4. The van der Waals surface area contributed by atoms with Gasteiger partial charge in [-0.25, -0.2) is 9.07 Å². The SMILES string of the molecule is CC1CCCN1C=O.CO[C@@H](C)COc1nc(N2CC3CC2CN3)c2cc(C3CC3)c(-c3c(CCc4ccc(-c5cn(C(C)C(C)C)nn5)cc4)c(F)cc4[nH]ncc34)c(O)c2n1.O=CNC(CO)c1ccc(-c2cccnc2)cc1. The van der Waals surface area contributed by atoms with Crippen molar-refractivity contribution in [3.05, 3.63) is 126 Å². The number of benzene rings is 4. The lowest BCUT2D eigenvalue weighted by Gasteiger charge is -2.30. The van der Waals surface area contributed by atoms with E-state index in [0.717, 1.165) is 101 Å². The van der Waals surface area contributed by atoms with Crippen molar-refractivity contribution >= 4 is 40.4 Å². The van der Waals surface area contributed by atoms with Gasteiger partial charge in [-0.2, -0.15) is 15.1 Å². The number of phenols is 1. The van der Waals surface area contributed by atoms with Gasteiger partial charge in [0.25, 0.3) is 0 Å². The van der Waals surface area contributed by atoms with E-state index in [4.69, 9.17) is 24.5 Å². The summed E-state index contributed by atoms with van der Waals surface area (Å²) in [6, 6.07) is 24.7. The minimum Gasteiger partial charge on any atom is -0.505 e. The Morgan fingerprint density at radius 1 is 0.926 bits per heavy atom. The standard InChI is InChI=1S/C42H48FN9O3.C14H14N2O2.C6H11NO/c1-22(2)24(4)52-20-36(49-50-52)27-9-6-25(7-10-27)8-13-30-34(43)16-35-33(18-45-48-35)37(30)38-31(26-11-12-26)15-32-39(40(38)53)46-42(55-21-23(3)54-5)47-41(32)51-19-28-14-29(51)17-44-28;17-9-14(16-10-18)12-5-3-11(4-6-12)13-2-1-7-15-8-13;1-6-3-2-4-7(6)5-8/h6-7,9-10,15-16,18,20,22-24,26,28-29,44,53H,8,11-14,17,19,21H2,1-5H3,(H,45,48);1-8,10,14,17H,9H2,(H,16,18);5-6H,2-4H2,1H3/t23-,24?,28?,29?;;/m0../s1. The lowest BCUT2D eigenvalue weighted by molar-refractivity contribution is -0.118. The molecular formula is C62H73FN12O6. The number of pyridine rings is 1. The highest BCUT2D eigenvalue weighted by molar-refractivity contribution is 6.06. The van der Waals surface area contributed by atoms with Crippen molar-refractivity contribution in [1.82, 2.24) is 55.7 Å². The Kier molecular flexibility index (Phi) is 17.6. The molecule has 5 N–H and O–H groups in total. The van der Waals surface area contributed by atoms with Crippen LogP contribution in [0.1, 0.15) is 107 Å². The molecule has 1 aliphatic carbocycles. The van der Waals surface area contributed by atoms with Crippen molar-refractivity contribution in [1.29, 1.82) is 0 Å².